The molecule has 0 spiro atoms. The molecule has 1 saturated heterocycles. The van der Waals surface area contributed by atoms with Gasteiger partial charge in [-0.25, -0.2) is 4.18 Å². The van der Waals surface area contributed by atoms with Gasteiger partial charge in [-0.1, -0.05) is 0 Å². The average Bonchev–Trinajstić information content (AvgIpc) is 2.53. The Bertz CT molecular complexity index is 706. The monoisotopic (exact) mass is 381 g/mol. The van der Waals surface area contributed by atoms with E-state index in [0.29, 0.717) is 0 Å². The molecule has 0 aliphatic carbocycles. The van der Waals surface area contributed by atoms with E-state index in [1.54, 1.807) is 0 Å². The van der Waals surface area contributed by atoms with Gasteiger partial charge < -0.3 is 24.8 Å². The Morgan fingerprint density at radius 1 is 1.20 bits per heavy atom. The lowest BCUT2D eigenvalue weighted by atomic mass is 9.99. The van der Waals surface area contributed by atoms with Crippen LogP contribution in [-0.4, -0.2) is 70.5 Å². The predicted molar refractivity (Wildman–Crippen MR) is 77.9 cm³/mol. The van der Waals surface area contributed by atoms with Gasteiger partial charge in [0.05, 0.1) is 11.5 Å². The number of nitrogens with zero attached hydrogens (tertiary/aromatic N) is 1. The minimum Gasteiger partial charge on any atom is -0.462 e. The van der Waals surface area contributed by atoms with Crippen molar-refractivity contribution < 1.29 is 46.9 Å². The first-order valence-electron chi connectivity index (χ1n) is 6.81. The summed E-state index contributed by atoms with van der Waals surface area (Å²) >= 11 is 0. The molecule has 140 valence electrons. The smallest absolute Gasteiger partial charge is 0.397 e. The molecule has 1 heterocycles. The van der Waals surface area contributed by atoms with E-state index >= 15 is 0 Å². The molecule has 0 unspecified atom stereocenters. The molecule has 13 heteroatoms. The van der Waals surface area contributed by atoms with E-state index in [1.807, 2.05) is 0 Å². The third-order valence-electron chi connectivity index (χ3n) is 3.35. The number of ether oxygens (including phenoxy) is 2. The van der Waals surface area contributed by atoms with Gasteiger partial charge in [0, 0.05) is 12.1 Å². The van der Waals surface area contributed by atoms with Gasteiger partial charge in [0.2, 0.25) is 6.29 Å². The van der Waals surface area contributed by atoms with Crippen LogP contribution in [0.1, 0.15) is 0 Å². The molecule has 1 aliphatic rings. The summed E-state index contributed by atoms with van der Waals surface area (Å²) in [5, 5.41) is 39.7. The van der Waals surface area contributed by atoms with Crippen molar-refractivity contribution in [2.45, 2.75) is 30.7 Å². The summed E-state index contributed by atoms with van der Waals surface area (Å²) in [6.45, 7) is -0.765. The molecule has 0 bridgehead atoms. The second-order valence-electron chi connectivity index (χ2n) is 5.06. The van der Waals surface area contributed by atoms with Crippen molar-refractivity contribution in [1.29, 1.82) is 0 Å². The fourth-order valence-corrected chi connectivity index (χ4v) is 2.69. The number of hydrogen-bond acceptors (Lipinski definition) is 10. The minimum absolute atomic E-state index is 0.0216. The number of benzene rings is 1. The fraction of sp³-hybridized carbons (Fsp3) is 0.500. The topological polar surface area (TPSA) is 186 Å². The van der Waals surface area contributed by atoms with Crippen molar-refractivity contribution in [3.05, 3.63) is 34.4 Å². The summed E-state index contributed by atoms with van der Waals surface area (Å²) in [6, 6.07) is 4.64. The molecule has 0 saturated carbocycles. The highest BCUT2D eigenvalue weighted by atomic mass is 32.3. The second-order valence-corrected chi connectivity index (χ2v) is 6.11. The van der Waals surface area contributed by atoms with Crippen LogP contribution in [0.2, 0.25) is 0 Å². The zero-order chi connectivity index (χ0) is 18.8. The quantitative estimate of drug-likeness (QED) is 0.258. The lowest BCUT2D eigenvalue weighted by Gasteiger charge is -2.40. The van der Waals surface area contributed by atoms with E-state index in [2.05, 4.69) is 4.18 Å². The van der Waals surface area contributed by atoms with Crippen molar-refractivity contribution in [3.8, 4) is 5.75 Å². The summed E-state index contributed by atoms with van der Waals surface area (Å²) in [5.41, 5.74) is -0.214. The number of rotatable bonds is 6. The van der Waals surface area contributed by atoms with Gasteiger partial charge in [-0.15, -0.1) is 0 Å². The predicted octanol–water partition coefficient (Wildman–Crippen LogP) is -1.40. The average molecular weight is 381 g/mol. The molecule has 1 fully saturated rings. The summed E-state index contributed by atoms with van der Waals surface area (Å²) in [4.78, 5) is 9.96. The first-order valence-corrected chi connectivity index (χ1v) is 8.18. The number of nitro benzene ring substituents is 1. The number of aliphatic hydroxyl groups is 3. The summed E-state index contributed by atoms with van der Waals surface area (Å²) in [5.74, 6) is 0.0216. The summed E-state index contributed by atoms with van der Waals surface area (Å²) in [7, 11) is -5.02. The molecule has 25 heavy (non-hydrogen) atoms. The Labute approximate surface area is 141 Å². The van der Waals surface area contributed by atoms with Crippen LogP contribution >= 0.6 is 0 Å². The van der Waals surface area contributed by atoms with Crippen molar-refractivity contribution in [2.24, 2.45) is 0 Å². The molecular weight excluding hydrogens is 366 g/mol. The van der Waals surface area contributed by atoms with E-state index < -0.39 is 52.6 Å². The van der Waals surface area contributed by atoms with Gasteiger partial charge in [-0.2, -0.15) is 8.42 Å². The SMILES string of the molecule is O=[N+]([O-])c1ccc(O[C@H]2O[C@H](CO)[C@@H](O)[C@H](OS(=O)(=O)O)[C@@H]2O)cc1. The first-order chi connectivity index (χ1) is 11.6. The van der Waals surface area contributed by atoms with Gasteiger partial charge in [-0.3, -0.25) is 14.7 Å². The van der Waals surface area contributed by atoms with E-state index in [1.165, 1.54) is 12.1 Å². The van der Waals surface area contributed by atoms with E-state index in [4.69, 9.17) is 14.0 Å². The van der Waals surface area contributed by atoms with Crippen LogP contribution in [0.15, 0.2) is 24.3 Å². The Hall–Kier alpha value is -1.87. The van der Waals surface area contributed by atoms with Gasteiger partial charge in [0.25, 0.3) is 5.69 Å². The molecular formula is C12H15NO11S. The Kier molecular flexibility index (Phi) is 5.89. The Balaban J connectivity index is 2.19. The van der Waals surface area contributed by atoms with Crippen LogP contribution in [0.4, 0.5) is 5.69 Å². The highest BCUT2D eigenvalue weighted by molar-refractivity contribution is 7.80. The number of nitro groups is 1. The molecule has 1 aromatic rings. The van der Waals surface area contributed by atoms with Gasteiger partial charge in [0.1, 0.15) is 30.2 Å². The van der Waals surface area contributed by atoms with Crippen molar-refractivity contribution in [3.63, 3.8) is 0 Å². The molecule has 1 aliphatic heterocycles. The summed E-state index contributed by atoms with van der Waals surface area (Å²) < 4.78 is 45.1. The second kappa shape index (κ2) is 7.57. The molecule has 0 radical (unpaired) electrons. The maximum Gasteiger partial charge on any atom is 0.397 e. The van der Waals surface area contributed by atoms with Gasteiger partial charge in [0.15, 0.2) is 0 Å². The number of aliphatic hydroxyl groups excluding tert-OH is 3. The van der Waals surface area contributed by atoms with E-state index in [0.717, 1.165) is 12.1 Å². The van der Waals surface area contributed by atoms with E-state index in [-0.39, 0.29) is 11.4 Å². The zero-order valence-corrected chi connectivity index (χ0v) is 13.2. The first kappa shape index (κ1) is 19.5. The third kappa shape index (κ3) is 4.82. The number of hydrogen-bond donors (Lipinski definition) is 4. The van der Waals surface area contributed by atoms with Crippen LogP contribution < -0.4 is 4.74 Å². The van der Waals surface area contributed by atoms with Crippen molar-refractivity contribution in [1.82, 2.24) is 0 Å². The largest absolute Gasteiger partial charge is 0.462 e. The molecule has 0 aromatic heterocycles. The minimum atomic E-state index is -5.02. The highest BCUT2D eigenvalue weighted by Gasteiger charge is 2.48. The molecule has 12 nitrogen and oxygen atoms in total. The van der Waals surface area contributed by atoms with Crippen molar-refractivity contribution in [2.75, 3.05) is 6.61 Å². The van der Waals surface area contributed by atoms with E-state index in [9.17, 15) is 33.9 Å². The third-order valence-corrected chi connectivity index (χ3v) is 3.82. The molecule has 0 amide bonds. The van der Waals surface area contributed by atoms with Crippen LogP contribution in [0, 0.1) is 10.1 Å². The fourth-order valence-electron chi connectivity index (χ4n) is 2.19. The van der Waals surface area contributed by atoms with Crippen LogP contribution in [0.25, 0.3) is 0 Å². The van der Waals surface area contributed by atoms with Crippen LogP contribution in [-0.2, 0) is 19.3 Å². The standard InChI is InChI=1S/C12H15NO11S/c14-5-8-9(15)11(24-25(19,20)21)10(16)12(23-8)22-7-3-1-6(2-4-7)13(17)18/h1-4,8-12,14-16H,5H2,(H,19,20,21)/t8-,9-,10+,11+,12+/m1/s1. The Morgan fingerprint density at radius 3 is 2.28 bits per heavy atom. The lowest BCUT2D eigenvalue weighted by Crippen LogP contribution is -2.61. The number of non-ortho nitro benzene ring substituents is 1. The maximum absolute atomic E-state index is 10.9. The van der Waals surface area contributed by atoms with Crippen molar-refractivity contribution >= 4 is 16.1 Å². The Morgan fingerprint density at radius 2 is 1.80 bits per heavy atom. The molecule has 4 N–H and O–H groups in total. The lowest BCUT2D eigenvalue weighted by molar-refractivity contribution is -0.384. The van der Waals surface area contributed by atoms with Gasteiger partial charge in [-0.05, 0) is 12.1 Å². The van der Waals surface area contributed by atoms with Crippen LogP contribution in [0.5, 0.6) is 5.75 Å². The molecule has 1 aromatic carbocycles. The zero-order valence-electron chi connectivity index (χ0n) is 12.4. The molecule has 5 atom stereocenters. The van der Waals surface area contributed by atoms with Crippen LogP contribution in [0.3, 0.4) is 0 Å². The normalized spacial score (nSPS) is 30.0. The summed E-state index contributed by atoms with van der Waals surface area (Å²) in [6.07, 6.45) is -8.48. The maximum atomic E-state index is 10.9. The van der Waals surface area contributed by atoms with Gasteiger partial charge >= 0.3 is 10.4 Å². The highest BCUT2D eigenvalue weighted by Crippen LogP contribution is 2.27. The molecule has 2 rings (SSSR count).